The maximum Gasteiger partial charge on any atom is 0.407 e. The van der Waals surface area contributed by atoms with Crippen molar-refractivity contribution < 1.29 is 17.9 Å². The number of aromatic nitrogens is 3. The van der Waals surface area contributed by atoms with Gasteiger partial charge < -0.3 is 15.4 Å². The molecule has 1 amide bonds. The Morgan fingerprint density at radius 2 is 2.07 bits per heavy atom. The number of anilines is 3. The number of pyridine rings is 1. The third kappa shape index (κ3) is 6.34. The first-order valence-electron chi connectivity index (χ1n) is 9.41. The minimum absolute atomic E-state index is 0.0478. The summed E-state index contributed by atoms with van der Waals surface area (Å²) in [5.74, 6) is 1.13. The number of hydrogen-bond acceptors (Lipinski definition) is 7. The van der Waals surface area contributed by atoms with Gasteiger partial charge in [-0.3, -0.25) is 9.82 Å². The molecule has 2 heterocycles. The van der Waals surface area contributed by atoms with Gasteiger partial charge in [-0.05, 0) is 45.2 Å². The van der Waals surface area contributed by atoms with Crippen molar-refractivity contribution in [2.75, 3.05) is 16.3 Å². The van der Waals surface area contributed by atoms with E-state index in [1.54, 1.807) is 12.1 Å². The number of rotatable bonds is 7. The van der Waals surface area contributed by atoms with Crippen LogP contribution in [0, 0.1) is 0 Å². The summed E-state index contributed by atoms with van der Waals surface area (Å²) >= 11 is 0. The first-order valence-corrected chi connectivity index (χ1v) is 11.3. The molecule has 1 fully saturated rings. The minimum Gasteiger partial charge on any atom is -0.446 e. The fourth-order valence-corrected chi connectivity index (χ4v) is 3.73. The van der Waals surface area contributed by atoms with Crippen LogP contribution in [-0.2, 0) is 14.8 Å². The second kappa shape index (κ2) is 8.68. The molecule has 158 valence electrons. The lowest BCUT2D eigenvalue weighted by atomic mass is 10.0. The number of aromatic amines is 1. The van der Waals surface area contributed by atoms with Crippen LogP contribution < -0.4 is 15.4 Å². The SMILES string of the molecule is CC(C)NC(=O)OC1CCC(c2cc(Nc3ccc(NS(C)(=O)=O)nc3)n[nH]2)C1. The van der Waals surface area contributed by atoms with Crippen molar-refractivity contribution in [3.8, 4) is 0 Å². The lowest BCUT2D eigenvalue weighted by Gasteiger charge is -2.14. The van der Waals surface area contributed by atoms with Crippen molar-refractivity contribution in [3.05, 3.63) is 30.1 Å². The third-order valence-corrected chi connectivity index (χ3v) is 5.01. The number of amides is 1. The van der Waals surface area contributed by atoms with Gasteiger partial charge in [0, 0.05) is 23.7 Å². The van der Waals surface area contributed by atoms with Crippen LogP contribution in [0.15, 0.2) is 24.4 Å². The van der Waals surface area contributed by atoms with Gasteiger partial charge in [0.05, 0.1) is 18.1 Å². The molecular formula is C18H26N6O4S. The Morgan fingerprint density at radius 1 is 1.28 bits per heavy atom. The van der Waals surface area contributed by atoms with Crippen LogP contribution in [0.1, 0.15) is 44.7 Å². The average molecular weight is 423 g/mol. The maximum atomic E-state index is 11.8. The van der Waals surface area contributed by atoms with Gasteiger partial charge >= 0.3 is 6.09 Å². The highest BCUT2D eigenvalue weighted by Crippen LogP contribution is 2.36. The van der Waals surface area contributed by atoms with Gasteiger partial charge in [-0.1, -0.05) is 0 Å². The number of sulfonamides is 1. The predicted molar refractivity (Wildman–Crippen MR) is 110 cm³/mol. The summed E-state index contributed by atoms with van der Waals surface area (Å²) in [6.45, 7) is 3.78. The van der Waals surface area contributed by atoms with Crippen molar-refractivity contribution in [2.24, 2.45) is 0 Å². The topological polar surface area (TPSA) is 138 Å². The molecule has 0 spiro atoms. The number of ether oxygens (including phenoxy) is 1. The van der Waals surface area contributed by atoms with Crippen molar-refractivity contribution in [3.63, 3.8) is 0 Å². The lowest BCUT2D eigenvalue weighted by Crippen LogP contribution is -2.33. The zero-order chi connectivity index (χ0) is 21.0. The fraction of sp³-hybridized carbons (Fsp3) is 0.500. The summed E-state index contributed by atoms with van der Waals surface area (Å²) in [6.07, 6.45) is 4.60. The summed E-state index contributed by atoms with van der Waals surface area (Å²) < 4.78 is 30.2. The number of nitrogens with zero attached hydrogens (tertiary/aromatic N) is 2. The second-order valence-electron chi connectivity index (χ2n) is 7.48. The number of alkyl carbamates (subject to hydrolysis) is 1. The third-order valence-electron chi connectivity index (χ3n) is 4.43. The Labute approximate surface area is 169 Å². The van der Waals surface area contributed by atoms with E-state index in [1.807, 2.05) is 19.9 Å². The van der Waals surface area contributed by atoms with E-state index in [1.165, 1.54) is 6.20 Å². The number of H-pyrrole nitrogens is 1. The molecule has 1 aliphatic rings. The molecule has 0 aliphatic heterocycles. The summed E-state index contributed by atoms with van der Waals surface area (Å²) in [7, 11) is -3.36. The molecule has 0 saturated heterocycles. The molecule has 10 nitrogen and oxygen atoms in total. The molecule has 4 N–H and O–H groups in total. The maximum absolute atomic E-state index is 11.8. The Morgan fingerprint density at radius 3 is 2.72 bits per heavy atom. The highest BCUT2D eigenvalue weighted by molar-refractivity contribution is 7.92. The quantitative estimate of drug-likeness (QED) is 0.538. The molecule has 2 atom stereocenters. The molecule has 3 rings (SSSR count). The molecular weight excluding hydrogens is 396 g/mol. The average Bonchev–Trinajstić information content (AvgIpc) is 3.24. The minimum atomic E-state index is -3.36. The van der Waals surface area contributed by atoms with Crippen LogP contribution in [0.2, 0.25) is 0 Å². The van der Waals surface area contributed by atoms with E-state index in [-0.39, 0.29) is 30.0 Å². The van der Waals surface area contributed by atoms with E-state index in [9.17, 15) is 13.2 Å². The number of carbonyl (C=O) groups is 1. The molecule has 1 saturated carbocycles. The molecule has 11 heteroatoms. The van der Waals surface area contributed by atoms with Gasteiger partial charge in [0.2, 0.25) is 10.0 Å². The monoisotopic (exact) mass is 422 g/mol. The number of nitrogens with one attached hydrogen (secondary N) is 4. The van der Waals surface area contributed by atoms with Gasteiger partial charge in [-0.25, -0.2) is 18.2 Å². The van der Waals surface area contributed by atoms with Crippen LogP contribution in [0.3, 0.4) is 0 Å². The summed E-state index contributed by atoms with van der Waals surface area (Å²) in [5.41, 5.74) is 1.66. The van der Waals surface area contributed by atoms with E-state index in [0.29, 0.717) is 11.5 Å². The van der Waals surface area contributed by atoms with Gasteiger partial charge in [0.25, 0.3) is 0 Å². The number of carbonyl (C=O) groups excluding carboxylic acids is 1. The highest BCUT2D eigenvalue weighted by atomic mass is 32.2. The van der Waals surface area contributed by atoms with Gasteiger partial charge in [-0.15, -0.1) is 0 Å². The van der Waals surface area contributed by atoms with E-state index in [2.05, 4.69) is 30.5 Å². The smallest absolute Gasteiger partial charge is 0.407 e. The Hall–Kier alpha value is -2.82. The van der Waals surface area contributed by atoms with Gasteiger partial charge in [0.15, 0.2) is 5.82 Å². The number of hydrogen-bond donors (Lipinski definition) is 4. The Kier molecular flexibility index (Phi) is 6.26. The van der Waals surface area contributed by atoms with Crippen molar-refractivity contribution in [1.29, 1.82) is 0 Å². The zero-order valence-corrected chi connectivity index (χ0v) is 17.4. The zero-order valence-electron chi connectivity index (χ0n) is 16.6. The largest absolute Gasteiger partial charge is 0.446 e. The van der Waals surface area contributed by atoms with E-state index in [0.717, 1.165) is 31.2 Å². The first-order chi connectivity index (χ1) is 13.7. The molecule has 1 aliphatic carbocycles. The molecule has 0 aromatic carbocycles. The molecule has 2 aromatic rings. The van der Waals surface area contributed by atoms with E-state index >= 15 is 0 Å². The Bertz CT molecular complexity index is 942. The Balaban J connectivity index is 1.54. The summed E-state index contributed by atoms with van der Waals surface area (Å²) in [5, 5.41) is 13.2. The van der Waals surface area contributed by atoms with Crippen LogP contribution in [0.5, 0.6) is 0 Å². The van der Waals surface area contributed by atoms with Crippen LogP contribution in [0.25, 0.3) is 0 Å². The van der Waals surface area contributed by atoms with Crippen molar-refractivity contribution in [2.45, 2.75) is 51.2 Å². The molecule has 0 bridgehead atoms. The molecule has 0 radical (unpaired) electrons. The fourth-order valence-electron chi connectivity index (χ4n) is 3.23. The second-order valence-corrected chi connectivity index (χ2v) is 9.22. The summed E-state index contributed by atoms with van der Waals surface area (Å²) in [6, 6.07) is 5.25. The van der Waals surface area contributed by atoms with Gasteiger partial charge in [0.1, 0.15) is 11.9 Å². The standard InChI is InChI=1S/C18H26N6O4S/c1-11(2)20-18(25)28-14-6-4-12(8-14)15-9-17(23-22-15)21-13-5-7-16(19-10-13)24-29(3,26)27/h5,7,9-12,14H,4,6,8H2,1-3H3,(H,19,24)(H,20,25)(H2,21,22,23). The molecule has 2 aromatic heterocycles. The normalized spacial score (nSPS) is 19.2. The predicted octanol–water partition coefficient (Wildman–Crippen LogP) is 2.69. The first kappa shape index (κ1) is 20.9. The lowest BCUT2D eigenvalue weighted by molar-refractivity contribution is 0.0981. The highest BCUT2D eigenvalue weighted by Gasteiger charge is 2.30. The van der Waals surface area contributed by atoms with Crippen molar-refractivity contribution in [1.82, 2.24) is 20.5 Å². The van der Waals surface area contributed by atoms with Crippen molar-refractivity contribution >= 4 is 33.4 Å². The van der Waals surface area contributed by atoms with Crippen LogP contribution in [-0.4, -0.2) is 48.1 Å². The van der Waals surface area contributed by atoms with E-state index < -0.39 is 10.0 Å². The molecule has 29 heavy (non-hydrogen) atoms. The van der Waals surface area contributed by atoms with E-state index in [4.69, 9.17) is 4.74 Å². The van der Waals surface area contributed by atoms with Crippen LogP contribution in [0.4, 0.5) is 22.1 Å². The van der Waals surface area contributed by atoms with Gasteiger partial charge in [-0.2, -0.15) is 5.10 Å². The molecule has 2 unspecified atom stereocenters. The van der Waals surface area contributed by atoms with Crippen LogP contribution >= 0.6 is 0 Å². The summed E-state index contributed by atoms with van der Waals surface area (Å²) in [4.78, 5) is 15.8.